The van der Waals surface area contributed by atoms with Gasteiger partial charge in [-0.1, -0.05) is 42.5 Å². The van der Waals surface area contributed by atoms with Crippen LogP contribution in [0.25, 0.3) is 6.08 Å². The topological polar surface area (TPSA) is 26.3 Å². The van der Waals surface area contributed by atoms with Gasteiger partial charge in [-0.25, -0.2) is 0 Å². The second-order valence-corrected chi connectivity index (χ2v) is 6.11. The first-order valence-corrected chi connectivity index (χ1v) is 7.76. The van der Waals surface area contributed by atoms with E-state index in [0.717, 1.165) is 24.3 Å². The number of rotatable bonds is 7. The number of carbonyl (C=O) groups excluding carboxylic acids is 1. The van der Waals surface area contributed by atoms with Gasteiger partial charge in [0, 0.05) is 5.75 Å². The van der Waals surface area contributed by atoms with Crippen molar-refractivity contribution in [1.29, 1.82) is 0 Å². The molecule has 0 amide bonds. The molecule has 0 aromatic heterocycles. The molecule has 2 rings (SSSR count). The highest BCUT2D eigenvalue weighted by molar-refractivity contribution is 7.99. The Morgan fingerprint density at radius 3 is 2.74 bits per heavy atom. The fourth-order valence-electron chi connectivity index (χ4n) is 2.02. The minimum Gasteiger partial charge on any atom is -0.469 e. The lowest BCUT2D eigenvalue weighted by molar-refractivity contribution is -0.141. The standard InChI is InChI=1S/C16H20O2S/c1-18-15(17)12-16(9-10-16)13-19-11-5-8-14-6-3-2-4-7-14/h2-8H,9-13H2,1H3/b8-5+. The van der Waals surface area contributed by atoms with E-state index in [9.17, 15) is 4.79 Å². The first-order chi connectivity index (χ1) is 9.24. The van der Waals surface area contributed by atoms with Crippen LogP contribution in [0.5, 0.6) is 0 Å². The molecule has 102 valence electrons. The normalized spacial score (nSPS) is 16.5. The third kappa shape index (κ3) is 4.75. The van der Waals surface area contributed by atoms with Crippen molar-refractivity contribution in [3.8, 4) is 0 Å². The summed E-state index contributed by atoms with van der Waals surface area (Å²) >= 11 is 1.90. The van der Waals surface area contributed by atoms with Crippen LogP contribution in [-0.4, -0.2) is 24.6 Å². The first kappa shape index (κ1) is 14.2. The summed E-state index contributed by atoms with van der Waals surface area (Å²) in [5.74, 6) is 1.98. The lowest BCUT2D eigenvalue weighted by Crippen LogP contribution is -2.13. The molecule has 1 aromatic carbocycles. The van der Waals surface area contributed by atoms with Gasteiger partial charge in [0.25, 0.3) is 0 Å². The predicted molar refractivity (Wildman–Crippen MR) is 81.1 cm³/mol. The molecule has 0 bridgehead atoms. The van der Waals surface area contributed by atoms with E-state index >= 15 is 0 Å². The number of carbonyl (C=O) groups is 1. The minimum absolute atomic E-state index is 0.0714. The lowest BCUT2D eigenvalue weighted by Gasteiger charge is -2.11. The van der Waals surface area contributed by atoms with E-state index < -0.39 is 0 Å². The molecule has 19 heavy (non-hydrogen) atoms. The quantitative estimate of drug-likeness (QED) is 0.560. The van der Waals surface area contributed by atoms with E-state index in [1.165, 1.54) is 12.7 Å². The monoisotopic (exact) mass is 276 g/mol. The fraction of sp³-hybridized carbons (Fsp3) is 0.438. The summed E-state index contributed by atoms with van der Waals surface area (Å²) in [7, 11) is 1.47. The van der Waals surface area contributed by atoms with Gasteiger partial charge >= 0.3 is 5.97 Å². The Labute approximate surface area is 119 Å². The molecule has 1 aliphatic carbocycles. The molecule has 0 radical (unpaired) electrons. The van der Waals surface area contributed by atoms with E-state index in [-0.39, 0.29) is 11.4 Å². The first-order valence-electron chi connectivity index (χ1n) is 6.60. The van der Waals surface area contributed by atoms with Gasteiger partial charge in [-0.15, -0.1) is 0 Å². The molecule has 0 unspecified atom stereocenters. The zero-order chi connectivity index (χ0) is 13.6. The Bertz CT molecular complexity index is 435. The molecular weight excluding hydrogens is 256 g/mol. The molecule has 1 fully saturated rings. The summed E-state index contributed by atoms with van der Waals surface area (Å²) in [5.41, 5.74) is 1.47. The maximum absolute atomic E-state index is 11.3. The Balaban J connectivity index is 1.67. The number of esters is 1. The summed E-state index contributed by atoms with van der Waals surface area (Å²) in [5, 5.41) is 0. The minimum atomic E-state index is -0.0714. The van der Waals surface area contributed by atoms with Crippen LogP contribution in [0.4, 0.5) is 0 Å². The van der Waals surface area contributed by atoms with Crippen molar-refractivity contribution in [3.63, 3.8) is 0 Å². The summed E-state index contributed by atoms with van der Waals surface area (Å²) < 4.78 is 4.75. The maximum atomic E-state index is 11.3. The van der Waals surface area contributed by atoms with Crippen LogP contribution in [-0.2, 0) is 9.53 Å². The summed E-state index contributed by atoms with van der Waals surface area (Å²) in [6.45, 7) is 0. The van der Waals surface area contributed by atoms with Crippen molar-refractivity contribution < 1.29 is 9.53 Å². The zero-order valence-corrected chi connectivity index (χ0v) is 12.1. The van der Waals surface area contributed by atoms with Gasteiger partial charge in [0.05, 0.1) is 13.5 Å². The van der Waals surface area contributed by atoms with Crippen LogP contribution in [0, 0.1) is 5.41 Å². The van der Waals surface area contributed by atoms with Gasteiger partial charge in [-0.05, 0) is 29.6 Å². The third-order valence-corrected chi connectivity index (χ3v) is 4.68. The number of hydrogen-bond donors (Lipinski definition) is 0. The SMILES string of the molecule is COC(=O)CC1(CSC/C=C/c2ccccc2)CC1. The van der Waals surface area contributed by atoms with Crippen molar-refractivity contribution in [2.75, 3.05) is 18.6 Å². The van der Waals surface area contributed by atoms with Gasteiger partial charge in [0.1, 0.15) is 0 Å². The molecule has 3 heteroatoms. The van der Waals surface area contributed by atoms with Gasteiger partial charge in [-0.3, -0.25) is 4.79 Å². The Morgan fingerprint density at radius 1 is 1.37 bits per heavy atom. The van der Waals surface area contributed by atoms with E-state index in [0.29, 0.717) is 6.42 Å². The van der Waals surface area contributed by atoms with Gasteiger partial charge in [0.2, 0.25) is 0 Å². The van der Waals surface area contributed by atoms with Crippen molar-refractivity contribution in [3.05, 3.63) is 42.0 Å². The van der Waals surface area contributed by atoms with Crippen LogP contribution in [0.1, 0.15) is 24.8 Å². The van der Waals surface area contributed by atoms with Crippen LogP contribution >= 0.6 is 11.8 Å². The van der Waals surface area contributed by atoms with Crippen LogP contribution in [0.2, 0.25) is 0 Å². The molecular formula is C16H20O2S. The van der Waals surface area contributed by atoms with Crippen LogP contribution in [0.15, 0.2) is 36.4 Å². The number of thioether (sulfide) groups is 1. The van der Waals surface area contributed by atoms with Crippen LogP contribution in [0.3, 0.4) is 0 Å². The Kier molecular flexibility index (Phi) is 5.08. The van der Waals surface area contributed by atoms with Crippen molar-refractivity contribution in [1.82, 2.24) is 0 Å². The summed E-state index contributed by atoms with van der Waals surface area (Å²) in [6.07, 6.45) is 7.25. The van der Waals surface area contributed by atoms with E-state index in [1.807, 2.05) is 30.0 Å². The number of ether oxygens (including phenoxy) is 1. The highest BCUT2D eigenvalue weighted by atomic mass is 32.2. The van der Waals surface area contributed by atoms with Gasteiger partial charge < -0.3 is 4.74 Å². The predicted octanol–water partition coefficient (Wildman–Crippen LogP) is 3.78. The molecule has 1 aliphatic rings. The van der Waals surface area contributed by atoms with Gasteiger partial charge in [0.15, 0.2) is 0 Å². The summed E-state index contributed by atoms with van der Waals surface area (Å²) in [6, 6.07) is 10.3. The van der Waals surface area contributed by atoms with Crippen molar-refractivity contribution in [2.24, 2.45) is 5.41 Å². The number of benzene rings is 1. The van der Waals surface area contributed by atoms with Crippen LogP contribution < -0.4 is 0 Å². The molecule has 0 spiro atoms. The van der Waals surface area contributed by atoms with E-state index in [4.69, 9.17) is 4.74 Å². The molecule has 0 aliphatic heterocycles. The maximum Gasteiger partial charge on any atom is 0.306 e. The highest BCUT2D eigenvalue weighted by Gasteiger charge is 2.44. The van der Waals surface area contributed by atoms with Crippen molar-refractivity contribution >= 4 is 23.8 Å². The molecule has 2 nitrogen and oxygen atoms in total. The fourth-order valence-corrected chi connectivity index (χ4v) is 3.19. The Morgan fingerprint density at radius 2 is 2.11 bits per heavy atom. The molecule has 0 atom stereocenters. The highest BCUT2D eigenvalue weighted by Crippen LogP contribution is 2.51. The van der Waals surface area contributed by atoms with E-state index in [2.05, 4.69) is 24.3 Å². The zero-order valence-electron chi connectivity index (χ0n) is 11.3. The lowest BCUT2D eigenvalue weighted by atomic mass is 10.1. The second kappa shape index (κ2) is 6.80. The number of methoxy groups -OCH3 is 1. The smallest absolute Gasteiger partial charge is 0.306 e. The molecule has 0 saturated heterocycles. The summed E-state index contributed by atoms with van der Waals surface area (Å²) in [4.78, 5) is 11.3. The second-order valence-electron chi connectivity index (χ2n) is 5.08. The average molecular weight is 276 g/mol. The number of hydrogen-bond acceptors (Lipinski definition) is 3. The molecule has 0 N–H and O–H groups in total. The molecule has 0 heterocycles. The third-order valence-electron chi connectivity index (χ3n) is 3.44. The van der Waals surface area contributed by atoms with E-state index in [1.54, 1.807) is 0 Å². The Hall–Kier alpha value is -1.22. The average Bonchev–Trinajstić information content (AvgIpc) is 3.19. The largest absolute Gasteiger partial charge is 0.469 e. The van der Waals surface area contributed by atoms with Gasteiger partial charge in [-0.2, -0.15) is 11.8 Å². The molecule has 1 saturated carbocycles. The molecule has 1 aromatic rings. The van der Waals surface area contributed by atoms with Crippen molar-refractivity contribution in [2.45, 2.75) is 19.3 Å².